The number of benzene rings is 8. The third kappa shape index (κ3) is 4.58. The maximum absolute atomic E-state index is 6.40. The maximum atomic E-state index is 6.40. The van der Waals surface area contributed by atoms with Crippen molar-refractivity contribution in [1.82, 2.24) is 9.55 Å². The summed E-state index contributed by atoms with van der Waals surface area (Å²) in [7, 11) is 11.2. The quantitative estimate of drug-likeness (QED) is 0.212. The summed E-state index contributed by atoms with van der Waals surface area (Å²) in [6.07, 6.45) is 0. The largest absolute Gasteiger partial charge is 0.456 e. The average molecular weight is 672 g/mol. The number of fused-ring (bicyclic) bond motifs is 6. The Kier molecular flexibility index (Phi) is 7.13. The van der Waals surface area contributed by atoms with Gasteiger partial charge in [-0.1, -0.05) is 120 Å². The first kappa shape index (κ1) is 31.6. The number of para-hydroxylation sites is 4. The summed E-state index contributed by atoms with van der Waals surface area (Å²) in [5, 5.41) is 7.11. The van der Waals surface area contributed by atoms with Crippen LogP contribution < -0.4 is 27.3 Å². The molecule has 53 heavy (non-hydrogen) atoms. The van der Waals surface area contributed by atoms with Crippen LogP contribution in [0.1, 0.15) is 0 Å². The van der Waals surface area contributed by atoms with Crippen LogP contribution in [0.4, 0.5) is 0 Å². The van der Waals surface area contributed by atoms with E-state index in [1.54, 1.807) is 0 Å². The predicted molar refractivity (Wildman–Crippen MR) is 241 cm³/mol. The lowest BCUT2D eigenvalue weighted by molar-refractivity contribution is 0.669. The van der Waals surface area contributed by atoms with Crippen molar-refractivity contribution < 1.29 is 4.42 Å². The zero-order valence-electron chi connectivity index (χ0n) is 30.6. The first-order chi connectivity index (χ1) is 25.9. The normalized spacial score (nSPS) is 11.8. The van der Waals surface area contributed by atoms with E-state index in [4.69, 9.17) is 9.40 Å². The van der Waals surface area contributed by atoms with Crippen LogP contribution in [-0.4, -0.2) is 48.8 Å². The Bertz CT molecular complexity index is 3060. The van der Waals surface area contributed by atoms with Gasteiger partial charge in [0.2, 0.25) is 0 Å². The molecule has 0 radical (unpaired) electrons. The van der Waals surface area contributed by atoms with Crippen LogP contribution in [0.15, 0.2) is 144 Å². The van der Waals surface area contributed by atoms with Crippen molar-refractivity contribution in [3.05, 3.63) is 140 Å². The molecule has 10 aromatic rings. The zero-order chi connectivity index (χ0) is 36.0. The van der Waals surface area contributed by atoms with Crippen molar-refractivity contribution in [3.8, 4) is 39.3 Å². The summed E-state index contributed by atoms with van der Waals surface area (Å²) in [5.74, 6) is 0.976. The molecule has 244 valence electrons. The minimum atomic E-state index is 0.901. The van der Waals surface area contributed by atoms with Crippen molar-refractivity contribution in [1.29, 1.82) is 0 Å². The van der Waals surface area contributed by atoms with E-state index in [9.17, 15) is 0 Å². The van der Waals surface area contributed by atoms with Gasteiger partial charge < -0.3 is 4.42 Å². The number of hydrogen-bond donors (Lipinski definition) is 0. The van der Waals surface area contributed by atoms with E-state index >= 15 is 0 Å². The summed E-state index contributed by atoms with van der Waals surface area (Å²) in [6.45, 7) is 0. The number of hydrogen-bond acceptors (Lipinski definition) is 2. The molecule has 2 heterocycles. The Balaban J connectivity index is 1.33. The molecule has 8 aromatic carbocycles. The predicted octanol–water partition coefficient (Wildman–Crippen LogP) is 3.52. The van der Waals surface area contributed by atoms with E-state index in [0.717, 1.165) is 44.5 Å². The monoisotopic (exact) mass is 672 g/mol. The fourth-order valence-corrected chi connectivity index (χ4v) is 8.84. The molecule has 0 saturated heterocycles. The summed E-state index contributed by atoms with van der Waals surface area (Å²) in [6, 6.07) is 50.1. The molecule has 10 rings (SSSR count). The van der Waals surface area contributed by atoms with E-state index < -0.39 is 0 Å². The van der Waals surface area contributed by atoms with Crippen LogP contribution in [0.25, 0.3) is 93.8 Å². The highest BCUT2D eigenvalue weighted by Crippen LogP contribution is 2.48. The summed E-state index contributed by atoms with van der Waals surface area (Å²) in [4.78, 5) is 5.41. The standard InChI is InChI=1S/C45H33B5N2O/c46-40-39(41(47)43(49)44(50)42(40)48)45-51-31-19-7-9-21-33(31)52(45)32-20-8-5-16-28(32)36-24-12-1-3-14-26(24)37(27-15-4-2-13-25(27)36)30-18-11-23-35-38(30)29-17-6-10-22-34(29)53-35/h1-23H,46-50H2. The minimum absolute atomic E-state index is 0.901. The van der Waals surface area contributed by atoms with Gasteiger partial charge in [-0.25, -0.2) is 4.98 Å². The van der Waals surface area contributed by atoms with Gasteiger partial charge in [0.15, 0.2) is 0 Å². The Morgan fingerprint density at radius 2 is 0.906 bits per heavy atom. The summed E-state index contributed by atoms with van der Waals surface area (Å²) in [5.41, 5.74) is 17.5. The van der Waals surface area contributed by atoms with E-state index in [0.29, 0.717) is 0 Å². The number of rotatable bonds is 4. The Morgan fingerprint density at radius 3 is 1.58 bits per heavy atom. The highest BCUT2D eigenvalue weighted by molar-refractivity contribution is 6.68. The van der Waals surface area contributed by atoms with Gasteiger partial charge in [-0.3, -0.25) is 4.57 Å². The van der Waals surface area contributed by atoms with E-state index in [-0.39, 0.29) is 0 Å². The molecule has 2 aromatic heterocycles. The second kappa shape index (κ2) is 12.0. The van der Waals surface area contributed by atoms with Gasteiger partial charge in [-0.15, -0.1) is 16.4 Å². The molecule has 0 aliphatic carbocycles. The van der Waals surface area contributed by atoms with Gasteiger partial charge in [-0.05, 0) is 68.6 Å². The molecule has 0 saturated carbocycles. The van der Waals surface area contributed by atoms with Crippen molar-refractivity contribution in [2.75, 3.05) is 0 Å². The van der Waals surface area contributed by atoms with Crippen LogP contribution >= 0.6 is 0 Å². The van der Waals surface area contributed by atoms with Gasteiger partial charge in [0.25, 0.3) is 0 Å². The Morgan fingerprint density at radius 1 is 0.415 bits per heavy atom. The van der Waals surface area contributed by atoms with Gasteiger partial charge >= 0.3 is 0 Å². The molecule has 0 fully saturated rings. The molecule has 0 aliphatic rings. The number of imidazole rings is 1. The SMILES string of the molecule is Bc1c(B)c(B)c(-c2nc3ccccc3n2-c2ccccc2-c2c3ccccc3c(-c3cccc4oc5ccccc5c34)c3ccccc23)c(B)c1B. The molecular formula is C45H33B5N2O. The topological polar surface area (TPSA) is 31.0 Å². The van der Waals surface area contributed by atoms with Gasteiger partial charge in [0.05, 0.1) is 16.7 Å². The first-order valence-corrected chi connectivity index (χ1v) is 18.4. The van der Waals surface area contributed by atoms with Crippen molar-refractivity contribution in [2.45, 2.75) is 0 Å². The molecule has 3 nitrogen and oxygen atoms in total. The highest BCUT2D eigenvalue weighted by atomic mass is 16.3. The summed E-state index contributed by atoms with van der Waals surface area (Å²) >= 11 is 0. The zero-order valence-corrected chi connectivity index (χ0v) is 30.6. The van der Waals surface area contributed by atoms with Crippen molar-refractivity contribution in [2.24, 2.45) is 0 Å². The molecular weight excluding hydrogens is 639 g/mol. The summed E-state index contributed by atoms with van der Waals surface area (Å²) < 4.78 is 8.81. The maximum Gasteiger partial charge on any atom is 0.144 e. The van der Waals surface area contributed by atoms with Gasteiger partial charge in [0, 0.05) is 21.9 Å². The Hall–Kier alpha value is -6.13. The van der Waals surface area contributed by atoms with E-state index in [2.05, 4.69) is 177 Å². The second-order valence-corrected chi connectivity index (χ2v) is 14.4. The second-order valence-electron chi connectivity index (χ2n) is 14.4. The van der Waals surface area contributed by atoms with Crippen LogP contribution in [0.3, 0.4) is 0 Å². The first-order valence-electron chi connectivity index (χ1n) is 18.4. The van der Waals surface area contributed by atoms with E-state index in [1.807, 2.05) is 6.07 Å². The third-order valence-electron chi connectivity index (χ3n) is 11.8. The van der Waals surface area contributed by atoms with Crippen LogP contribution in [0, 0.1) is 0 Å². The van der Waals surface area contributed by atoms with Gasteiger partial charge in [-0.2, -0.15) is 0 Å². The molecule has 0 atom stereocenters. The molecule has 0 amide bonds. The molecule has 0 aliphatic heterocycles. The highest BCUT2D eigenvalue weighted by Gasteiger charge is 2.25. The third-order valence-corrected chi connectivity index (χ3v) is 11.8. The lowest BCUT2D eigenvalue weighted by Crippen LogP contribution is -2.55. The number of aromatic nitrogens is 2. The van der Waals surface area contributed by atoms with Crippen molar-refractivity contribution >= 4 is 121 Å². The molecule has 0 N–H and O–H groups in total. The minimum Gasteiger partial charge on any atom is -0.456 e. The van der Waals surface area contributed by atoms with Crippen LogP contribution in [-0.2, 0) is 0 Å². The Labute approximate surface area is 312 Å². The van der Waals surface area contributed by atoms with E-state index in [1.165, 1.54) is 76.7 Å². The smallest absolute Gasteiger partial charge is 0.144 e. The average Bonchev–Trinajstić information content (AvgIpc) is 3.77. The molecule has 0 unspecified atom stereocenters. The van der Waals surface area contributed by atoms with Crippen molar-refractivity contribution in [3.63, 3.8) is 0 Å². The lowest BCUT2D eigenvalue weighted by Gasteiger charge is -2.23. The molecule has 0 spiro atoms. The fraction of sp³-hybridized carbons (Fsp3) is 0. The number of nitrogens with zero attached hydrogens (tertiary/aromatic N) is 2. The molecule has 0 bridgehead atoms. The van der Waals surface area contributed by atoms with Crippen LogP contribution in [0.2, 0.25) is 0 Å². The van der Waals surface area contributed by atoms with Crippen LogP contribution in [0.5, 0.6) is 0 Å². The van der Waals surface area contributed by atoms with Gasteiger partial charge in [0.1, 0.15) is 56.2 Å². The number of furan rings is 1. The molecule has 8 heteroatoms. The fourth-order valence-electron chi connectivity index (χ4n) is 8.84. The lowest BCUT2D eigenvalue weighted by atomic mass is 9.60.